The number of rotatable bonds is 10. The molecule has 0 saturated carbocycles. The number of aryl methyl sites for hydroxylation is 1. The molecule has 1 aliphatic rings. The number of amides is 3. The summed E-state index contributed by atoms with van der Waals surface area (Å²) in [5.41, 5.74) is 1.87. The number of nitrogens with one attached hydrogen (secondary N) is 1. The van der Waals surface area contributed by atoms with Gasteiger partial charge in [0.25, 0.3) is 0 Å². The first-order valence-electron chi connectivity index (χ1n) is 12.8. The lowest BCUT2D eigenvalue weighted by atomic mass is 10.0. The van der Waals surface area contributed by atoms with Gasteiger partial charge in [-0.15, -0.1) is 0 Å². The Kier molecular flexibility index (Phi) is 10.4. The molecule has 0 unspecified atom stereocenters. The number of sulfonamides is 1. The number of likely N-dealkylation sites (tertiary alicyclic amines) is 1. The first kappa shape index (κ1) is 28.9. The van der Waals surface area contributed by atoms with Gasteiger partial charge in [-0.05, 0) is 62.9 Å². The highest BCUT2D eigenvalue weighted by Gasteiger charge is 2.33. The number of halogens is 1. The zero-order valence-electron chi connectivity index (χ0n) is 21.8. The van der Waals surface area contributed by atoms with Gasteiger partial charge in [0.2, 0.25) is 15.9 Å². The molecule has 2 aromatic rings. The number of carbonyl (C=O) groups is 2. The van der Waals surface area contributed by atoms with E-state index < -0.39 is 10.0 Å². The first-order chi connectivity index (χ1) is 17.6. The van der Waals surface area contributed by atoms with Gasteiger partial charge in [-0.3, -0.25) is 4.79 Å². The average Bonchev–Trinajstić information content (AvgIpc) is 2.88. The molecule has 3 amide bonds. The van der Waals surface area contributed by atoms with Crippen LogP contribution >= 0.6 is 11.6 Å². The van der Waals surface area contributed by atoms with Gasteiger partial charge in [-0.2, -0.15) is 4.31 Å². The molecule has 0 spiro atoms. The van der Waals surface area contributed by atoms with Crippen LogP contribution in [0.1, 0.15) is 44.2 Å². The lowest BCUT2D eigenvalue weighted by molar-refractivity contribution is -0.135. The summed E-state index contributed by atoms with van der Waals surface area (Å²) in [4.78, 5) is 29.7. The van der Waals surface area contributed by atoms with Crippen LogP contribution in [0.4, 0.5) is 4.79 Å². The number of benzene rings is 2. The van der Waals surface area contributed by atoms with Crippen LogP contribution in [0.3, 0.4) is 0 Å². The summed E-state index contributed by atoms with van der Waals surface area (Å²) in [5, 5.41) is 3.43. The van der Waals surface area contributed by atoms with Crippen LogP contribution in [-0.4, -0.2) is 73.2 Å². The minimum Gasteiger partial charge on any atom is -0.338 e. The summed E-state index contributed by atoms with van der Waals surface area (Å²) in [6.45, 7) is 7.63. The Balaban J connectivity index is 1.82. The molecule has 8 nitrogen and oxygen atoms in total. The highest BCUT2D eigenvalue weighted by molar-refractivity contribution is 7.89. The summed E-state index contributed by atoms with van der Waals surface area (Å²) in [6.07, 6.45) is 1.82. The summed E-state index contributed by atoms with van der Waals surface area (Å²) in [5.74, 6) is -0.254. The summed E-state index contributed by atoms with van der Waals surface area (Å²) in [6, 6.07) is 13.8. The van der Waals surface area contributed by atoms with Crippen molar-refractivity contribution in [1.82, 2.24) is 19.4 Å². The van der Waals surface area contributed by atoms with Crippen LogP contribution in [0.15, 0.2) is 53.4 Å². The largest absolute Gasteiger partial charge is 0.338 e. The Hall–Kier alpha value is -2.62. The highest BCUT2D eigenvalue weighted by Crippen LogP contribution is 2.23. The Morgan fingerprint density at radius 1 is 1.03 bits per heavy atom. The van der Waals surface area contributed by atoms with Crippen molar-refractivity contribution < 1.29 is 18.0 Å². The number of nitrogens with zero attached hydrogens (tertiary/aromatic N) is 3. The molecule has 202 valence electrons. The predicted molar refractivity (Wildman–Crippen MR) is 146 cm³/mol. The van der Waals surface area contributed by atoms with Crippen LogP contribution in [0.5, 0.6) is 0 Å². The number of piperidine rings is 1. The van der Waals surface area contributed by atoms with Crippen molar-refractivity contribution in [2.45, 2.75) is 57.5 Å². The van der Waals surface area contributed by atoms with Crippen molar-refractivity contribution in [2.75, 3.05) is 32.7 Å². The van der Waals surface area contributed by atoms with Gasteiger partial charge in [0.15, 0.2) is 0 Å². The minimum atomic E-state index is -3.84. The van der Waals surface area contributed by atoms with Crippen LogP contribution in [0, 0.1) is 6.92 Å². The maximum Gasteiger partial charge on any atom is 0.317 e. The maximum absolute atomic E-state index is 13.7. The second-order valence-electron chi connectivity index (χ2n) is 9.35. The summed E-state index contributed by atoms with van der Waals surface area (Å²) >= 11 is 6.06. The number of urea groups is 1. The normalized spacial score (nSPS) is 14.6. The van der Waals surface area contributed by atoms with Gasteiger partial charge in [-0.25, -0.2) is 13.2 Å². The molecule has 3 rings (SSSR count). The van der Waals surface area contributed by atoms with Crippen LogP contribution < -0.4 is 5.32 Å². The fourth-order valence-electron chi connectivity index (χ4n) is 4.49. The molecule has 1 aliphatic heterocycles. The molecule has 10 heteroatoms. The molecule has 1 heterocycles. The monoisotopic (exact) mass is 548 g/mol. The first-order valence-corrected chi connectivity index (χ1v) is 14.6. The lowest BCUT2D eigenvalue weighted by Crippen LogP contribution is -2.52. The lowest BCUT2D eigenvalue weighted by Gasteiger charge is -2.39. The number of hydrogen-bond donors (Lipinski definition) is 1. The van der Waals surface area contributed by atoms with E-state index in [0.717, 1.165) is 11.1 Å². The van der Waals surface area contributed by atoms with E-state index in [1.54, 1.807) is 46.2 Å². The molecular formula is C27H37ClN4O4S. The Morgan fingerprint density at radius 3 is 2.22 bits per heavy atom. The molecule has 37 heavy (non-hydrogen) atoms. The summed E-state index contributed by atoms with van der Waals surface area (Å²) < 4.78 is 28.1. The van der Waals surface area contributed by atoms with E-state index in [-0.39, 0.29) is 36.0 Å². The fraction of sp³-hybridized carbons (Fsp3) is 0.481. The van der Waals surface area contributed by atoms with Crippen molar-refractivity contribution in [3.63, 3.8) is 0 Å². The molecule has 0 aliphatic carbocycles. The third-order valence-corrected chi connectivity index (χ3v) is 8.66. The van der Waals surface area contributed by atoms with Crippen LogP contribution in [0.2, 0.25) is 5.02 Å². The van der Waals surface area contributed by atoms with E-state index in [9.17, 15) is 18.0 Å². The van der Waals surface area contributed by atoms with Crippen molar-refractivity contribution in [3.8, 4) is 0 Å². The van der Waals surface area contributed by atoms with Gasteiger partial charge in [0.1, 0.15) is 0 Å². The van der Waals surface area contributed by atoms with Crippen LogP contribution in [-0.2, 0) is 21.4 Å². The predicted octanol–water partition coefficient (Wildman–Crippen LogP) is 4.27. The molecule has 1 N–H and O–H groups in total. The SMILES string of the molecule is CCCN(CC(=O)N(Cc1ccc(Cl)cc1)C1CCN(C(=O)NCC)CC1)S(=O)(=O)c1ccc(C)cc1. The van der Waals surface area contributed by atoms with Gasteiger partial charge in [-0.1, -0.05) is 48.4 Å². The number of hydrogen-bond acceptors (Lipinski definition) is 4. The zero-order valence-corrected chi connectivity index (χ0v) is 23.4. The Bertz CT molecular complexity index is 1150. The van der Waals surface area contributed by atoms with Gasteiger partial charge in [0.05, 0.1) is 11.4 Å². The topological polar surface area (TPSA) is 90.0 Å². The molecule has 0 atom stereocenters. The average molecular weight is 549 g/mol. The third-order valence-electron chi connectivity index (χ3n) is 6.55. The van der Waals surface area contributed by atoms with E-state index in [1.807, 2.05) is 32.9 Å². The minimum absolute atomic E-state index is 0.102. The fourth-order valence-corrected chi connectivity index (χ4v) is 6.09. The van der Waals surface area contributed by atoms with Gasteiger partial charge >= 0.3 is 6.03 Å². The molecular weight excluding hydrogens is 512 g/mol. The van der Waals surface area contributed by atoms with E-state index >= 15 is 0 Å². The van der Waals surface area contributed by atoms with Crippen molar-refractivity contribution in [2.24, 2.45) is 0 Å². The van der Waals surface area contributed by atoms with Gasteiger partial charge in [0, 0.05) is 43.8 Å². The van der Waals surface area contributed by atoms with Gasteiger partial charge < -0.3 is 15.1 Å². The zero-order chi connectivity index (χ0) is 27.0. The maximum atomic E-state index is 13.7. The van der Waals surface area contributed by atoms with E-state index in [0.29, 0.717) is 50.5 Å². The molecule has 0 aromatic heterocycles. The van der Waals surface area contributed by atoms with Crippen LogP contribution in [0.25, 0.3) is 0 Å². The Labute approximate surface area is 225 Å². The molecule has 2 aromatic carbocycles. The van der Waals surface area contributed by atoms with Crippen molar-refractivity contribution in [1.29, 1.82) is 0 Å². The quantitative estimate of drug-likeness (QED) is 0.480. The molecule has 0 radical (unpaired) electrons. The standard InChI is InChI=1S/C27H37ClN4O4S/c1-4-16-31(37(35,36)25-12-6-21(3)7-13-25)20-26(33)32(19-22-8-10-23(28)11-9-22)24-14-17-30(18-15-24)27(34)29-5-2/h6-13,24H,4-5,14-20H2,1-3H3,(H,29,34). The smallest absolute Gasteiger partial charge is 0.317 e. The highest BCUT2D eigenvalue weighted by atomic mass is 35.5. The van der Waals surface area contributed by atoms with E-state index in [4.69, 9.17) is 11.6 Å². The third kappa shape index (κ3) is 7.69. The number of carbonyl (C=O) groups excluding carboxylic acids is 2. The van der Waals surface area contributed by atoms with Crippen molar-refractivity contribution >= 4 is 33.6 Å². The molecule has 0 bridgehead atoms. The Morgan fingerprint density at radius 2 is 1.65 bits per heavy atom. The second-order valence-corrected chi connectivity index (χ2v) is 11.7. The molecule has 1 fully saturated rings. The van der Waals surface area contributed by atoms with E-state index in [2.05, 4.69) is 5.32 Å². The van der Waals surface area contributed by atoms with E-state index in [1.165, 1.54) is 4.31 Å². The second kappa shape index (κ2) is 13.3. The van der Waals surface area contributed by atoms with Crippen molar-refractivity contribution in [3.05, 3.63) is 64.7 Å². The summed E-state index contributed by atoms with van der Waals surface area (Å²) in [7, 11) is -3.84. The molecule has 1 saturated heterocycles.